The molecule has 3 heterocycles. The summed E-state index contributed by atoms with van der Waals surface area (Å²) in [6.07, 6.45) is 5.61. The Morgan fingerprint density at radius 1 is 1.42 bits per heavy atom. The first-order valence-electron chi connectivity index (χ1n) is 6.43. The lowest BCUT2D eigenvalue weighted by atomic mass is 10.2. The Hall–Kier alpha value is -1.95. The average Bonchev–Trinajstić information content (AvgIpc) is 3.07. The van der Waals surface area contributed by atoms with Gasteiger partial charge in [0.15, 0.2) is 5.58 Å². The van der Waals surface area contributed by atoms with Gasteiger partial charge in [-0.2, -0.15) is 0 Å². The van der Waals surface area contributed by atoms with Crippen LogP contribution in [0.1, 0.15) is 23.3 Å². The fourth-order valence-corrected chi connectivity index (χ4v) is 2.27. The van der Waals surface area contributed by atoms with Crippen LogP contribution >= 0.6 is 0 Å². The third kappa shape index (κ3) is 2.58. The molecule has 1 aliphatic heterocycles. The Morgan fingerprint density at radius 2 is 2.26 bits per heavy atom. The lowest BCUT2D eigenvalue weighted by Gasteiger charge is -2.13. The van der Waals surface area contributed by atoms with Gasteiger partial charge in [0.25, 0.3) is 0 Å². The maximum atomic E-state index is 11.9. The number of rotatable bonds is 4. The molecule has 0 N–H and O–H groups in total. The lowest BCUT2D eigenvalue weighted by Crippen LogP contribution is -2.25. The molecule has 0 atom stereocenters. The summed E-state index contributed by atoms with van der Waals surface area (Å²) < 4.78 is 10.3. The van der Waals surface area contributed by atoms with Gasteiger partial charge < -0.3 is 9.26 Å². The van der Waals surface area contributed by atoms with E-state index < -0.39 is 5.97 Å². The van der Waals surface area contributed by atoms with Gasteiger partial charge in [-0.15, -0.1) is 0 Å². The van der Waals surface area contributed by atoms with Crippen molar-refractivity contribution in [3.8, 4) is 0 Å². The lowest BCUT2D eigenvalue weighted by molar-refractivity contribution is 0.0463. The molecular weight excluding hydrogens is 246 g/mol. The van der Waals surface area contributed by atoms with E-state index >= 15 is 0 Å². The summed E-state index contributed by atoms with van der Waals surface area (Å²) >= 11 is 0. The van der Waals surface area contributed by atoms with Crippen molar-refractivity contribution < 1.29 is 14.1 Å². The third-order valence-corrected chi connectivity index (χ3v) is 3.30. The van der Waals surface area contributed by atoms with Gasteiger partial charge in [-0.3, -0.25) is 9.88 Å². The van der Waals surface area contributed by atoms with E-state index in [1.54, 1.807) is 18.5 Å². The molecular formula is C13H15N3O3. The van der Waals surface area contributed by atoms with Crippen molar-refractivity contribution in [3.63, 3.8) is 0 Å². The minimum atomic E-state index is -0.453. The van der Waals surface area contributed by atoms with Gasteiger partial charge in [0, 0.05) is 25.0 Å². The van der Waals surface area contributed by atoms with E-state index in [1.807, 2.05) is 0 Å². The molecule has 0 saturated carbocycles. The van der Waals surface area contributed by atoms with Gasteiger partial charge in [-0.05, 0) is 25.9 Å². The Morgan fingerprint density at radius 3 is 3.11 bits per heavy atom. The average molecular weight is 261 g/mol. The number of fused-ring (bicyclic) bond motifs is 1. The highest BCUT2D eigenvalue weighted by Crippen LogP contribution is 2.17. The molecule has 2 aromatic heterocycles. The maximum Gasteiger partial charge on any atom is 0.361 e. The van der Waals surface area contributed by atoms with Gasteiger partial charge in [-0.25, -0.2) is 4.79 Å². The van der Waals surface area contributed by atoms with E-state index in [-0.39, 0.29) is 5.69 Å². The summed E-state index contributed by atoms with van der Waals surface area (Å²) in [5.41, 5.74) is 0.742. The Balaban J connectivity index is 1.60. The summed E-state index contributed by atoms with van der Waals surface area (Å²) in [7, 11) is 0. The minimum Gasteiger partial charge on any atom is -0.459 e. The second-order valence-electron chi connectivity index (χ2n) is 4.59. The van der Waals surface area contributed by atoms with Crippen LogP contribution in [0.25, 0.3) is 11.0 Å². The molecule has 19 heavy (non-hydrogen) atoms. The molecule has 6 nitrogen and oxygen atoms in total. The fourth-order valence-electron chi connectivity index (χ4n) is 2.27. The predicted octanol–water partition coefficient (Wildman–Crippen LogP) is 1.48. The van der Waals surface area contributed by atoms with Crippen LogP contribution in [-0.2, 0) is 4.74 Å². The van der Waals surface area contributed by atoms with Crippen molar-refractivity contribution >= 4 is 16.9 Å². The first-order chi connectivity index (χ1) is 9.34. The molecule has 0 spiro atoms. The molecule has 3 rings (SSSR count). The van der Waals surface area contributed by atoms with Gasteiger partial charge in [-0.1, -0.05) is 5.16 Å². The largest absolute Gasteiger partial charge is 0.459 e. The van der Waals surface area contributed by atoms with Crippen molar-refractivity contribution in [2.75, 3.05) is 26.2 Å². The molecule has 2 aromatic rings. The van der Waals surface area contributed by atoms with E-state index in [2.05, 4.69) is 15.0 Å². The van der Waals surface area contributed by atoms with Crippen LogP contribution in [-0.4, -0.2) is 47.3 Å². The van der Waals surface area contributed by atoms with Gasteiger partial charge in [0.2, 0.25) is 5.69 Å². The zero-order chi connectivity index (χ0) is 13.1. The second kappa shape index (κ2) is 5.36. The number of hydrogen-bond donors (Lipinski definition) is 0. The highest BCUT2D eigenvalue weighted by Gasteiger charge is 2.18. The third-order valence-electron chi connectivity index (χ3n) is 3.30. The molecule has 1 aliphatic rings. The van der Waals surface area contributed by atoms with Gasteiger partial charge >= 0.3 is 5.97 Å². The predicted molar refractivity (Wildman–Crippen MR) is 67.8 cm³/mol. The van der Waals surface area contributed by atoms with Crippen molar-refractivity contribution in [2.45, 2.75) is 12.8 Å². The number of aromatic nitrogens is 2. The normalized spacial score (nSPS) is 16.0. The quantitative estimate of drug-likeness (QED) is 0.776. The first-order valence-corrected chi connectivity index (χ1v) is 6.43. The maximum absolute atomic E-state index is 11.9. The smallest absolute Gasteiger partial charge is 0.361 e. The highest BCUT2D eigenvalue weighted by atomic mass is 16.5. The summed E-state index contributed by atoms with van der Waals surface area (Å²) in [6, 6.07) is 1.67. The highest BCUT2D eigenvalue weighted by molar-refractivity contribution is 6.00. The molecule has 0 unspecified atom stereocenters. The SMILES string of the molecule is O=C(OCCN1CCCC1)c1noc2ccncc12. The number of nitrogens with zero attached hydrogens (tertiary/aromatic N) is 3. The van der Waals surface area contributed by atoms with Crippen molar-refractivity contribution in [1.29, 1.82) is 0 Å². The van der Waals surface area contributed by atoms with E-state index in [1.165, 1.54) is 12.8 Å². The van der Waals surface area contributed by atoms with Crippen LogP contribution in [0.3, 0.4) is 0 Å². The van der Waals surface area contributed by atoms with E-state index in [0.29, 0.717) is 17.6 Å². The Bertz CT molecular complexity index is 575. The standard InChI is InChI=1S/C13H15N3O3/c17-13(18-8-7-16-5-1-2-6-16)12-10-9-14-4-3-11(10)19-15-12/h3-4,9H,1-2,5-8H2. The number of esters is 1. The number of hydrogen-bond acceptors (Lipinski definition) is 6. The van der Waals surface area contributed by atoms with Crippen molar-refractivity contribution in [1.82, 2.24) is 15.0 Å². The number of likely N-dealkylation sites (tertiary alicyclic amines) is 1. The summed E-state index contributed by atoms with van der Waals surface area (Å²) in [5, 5.41) is 4.33. The van der Waals surface area contributed by atoms with E-state index in [9.17, 15) is 4.79 Å². The molecule has 1 fully saturated rings. The molecule has 0 bridgehead atoms. The van der Waals surface area contributed by atoms with E-state index in [0.717, 1.165) is 19.6 Å². The zero-order valence-corrected chi connectivity index (χ0v) is 10.5. The summed E-state index contributed by atoms with van der Waals surface area (Å²) in [5.74, 6) is -0.453. The van der Waals surface area contributed by atoms with Crippen LogP contribution < -0.4 is 0 Å². The Kier molecular flexibility index (Phi) is 3.41. The van der Waals surface area contributed by atoms with Crippen molar-refractivity contribution in [3.05, 3.63) is 24.2 Å². The van der Waals surface area contributed by atoms with Crippen LogP contribution in [0.2, 0.25) is 0 Å². The monoisotopic (exact) mass is 261 g/mol. The number of ether oxygens (including phenoxy) is 1. The number of pyridine rings is 1. The molecule has 100 valence electrons. The fraction of sp³-hybridized carbons (Fsp3) is 0.462. The van der Waals surface area contributed by atoms with E-state index in [4.69, 9.17) is 9.26 Å². The topological polar surface area (TPSA) is 68.5 Å². The van der Waals surface area contributed by atoms with Crippen LogP contribution in [0.4, 0.5) is 0 Å². The second-order valence-corrected chi connectivity index (χ2v) is 4.59. The zero-order valence-electron chi connectivity index (χ0n) is 10.5. The Labute approximate surface area is 110 Å². The minimum absolute atomic E-state index is 0.199. The number of carbonyl (C=O) groups excluding carboxylic acids is 1. The summed E-state index contributed by atoms with van der Waals surface area (Å²) in [4.78, 5) is 18.1. The first kappa shape index (κ1) is 12.1. The van der Waals surface area contributed by atoms with Gasteiger partial charge in [0.1, 0.15) is 6.61 Å². The molecule has 0 aromatic carbocycles. The summed E-state index contributed by atoms with van der Waals surface area (Å²) in [6.45, 7) is 3.34. The number of carbonyl (C=O) groups is 1. The van der Waals surface area contributed by atoms with Gasteiger partial charge in [0.05, 0.1) is 5.39 Å². The molecule has 6 heteroatoms. The van der Waals surface area contributed by atoms with Crippen LogP contribution in [0.15, 0.2) is 23.0 Å². The van der Waals surface area contributed by atoms with Crippen molar-refractivity contribution in [2.24, 2.45) is 0 Å². The molecule has 0 aliphatic carbocycles. The molecule has 1 saturated heterocycles. The van der Waals surface area contributed by atoms with Crippen LogP contribution in [0, 0.1) is 0 Å². The van der Waals surface area contributed by atoms with Crippen LogP contribution in [0.5, 0.6) is 0 Å². The molecule has 0 amide bonds. The molecule has 0 radical (unpaired) electrons.